The Morgan fingerprint density at radius 1 is 0.605 bits per heavy atom. The molecule has 0 radical (unpaired) electrons. The second-order valence-electron chi connectivity index (χ2n) is 11.1. The van der Waals surface area contributed by atoms with Crippen LogP contribution in [-0.2, 0) is 39.6 Å². The zero-order valence-corrected chi connectivity index (χ0v) is 27.3. The average Bonchev–Trinajstić information content (AvgIpc) is 2.97. The summed E-state index contributed by atoms with van der Waals surface area (Å²) in [6.07, 6.45) is 8.64. The van der Waals surface area contributed by atoms with Gasteiger partial charge in [0, 0.05) is 6.54 Å². The normalized spacial score (nSPS) is 11.5. The van der Waals surface area contributed by atoms with Crippen molar-refractivity contribution in [3.63, 3.8) is 0 Å². The molecule has 0 atom stereocenters. The zero-order valence-electron chi connectivity index (χ0n) is 27.3. The molecule has 1 aromatic carbocycles. The van der Waals surface area contributed by atoms with Gasteiger partial charge in [-0.25, -0.2) is 4.79 Å². The summed E-state index contributed by atoms with van der Waals surface area (Å²) < 4.78 is 43.8. The summed E-state index contributed by atoms with van der Waals surface area (Å²) in [7, 11) is 0. The summed E-state index contributed by atoms with van der Waals surface area (Å²) in [5.74, 6) is 0.882. The standard InChI is InChI=1S/C33H59NO9/c1-5-6-7-8-9-10-11-30-12-14-31(15-13-30)42-29-28-41-27-26-40-25-24-39-23-22-38-21-20-37-19-18-36-17-16-34-32(35)43-33(2,3)4/h12-15H,5-11,16-29H2,1-4H3,(H,34,35). The average molecular weight is 614 g/mol. The Morgan fingerprint density at radius 3 is 1.53 bits per heavy atom. The number of nitrogens with one attached hydrogen (secondary N) is 1. The van der Waals surface area contributed by atoms with Gasteiger partial charge in [0.1, 0.15) is 18.0 Å². The second kappa shape index (κ2) is 27.6. The van der Waals surface area contributed by atoms with E-state index in [4.69, 9.17) is 37.9 Å². The van der Waals surface area contributed by atoms with Gasteiger partial charge in [0.05, 0.1) is 79.3 Å². The molecule has 0 saturated carbocycles. The van der Waals surface area contributed by atoms with E-state index >= 15 is 0 Å². The molecule has 0 aliphatic carbocycles. The van der Waals surface area contributed by atoms with Crippen LogP contribution in [0.1, 0.15) is 71.8 Å². The molecule has 10 nitrogen and oxygen atoms in total. The van der Waals surface area contributed by atoms with Gasteiger partial charge in [-0.2, -0.15) is 0 Å². The molecule has 0 fully saturated rings. The van der Waals surface area contributed by atoms with E-state index in [0.29, 0.717) is 92.4 Å². The van der Waals surface area contributed by atoms with Crippen molar-refractivity contribution in [2.45, 2.75) is 78.2 Å². The lowest BCUT2D eigenvalue weighted by atomic mass is 10.0. The maximum absolute atomic E-state index is 11.5. The van der Waals surface area contributed by atoms with Crippen LogP contribution >= 0.6 is 0 Å². The molecule has 250 valence electrons. The smallest absolute Gasteiger partial charge is 0.407 e. The minimum absolute atomic E-state index is 0.390. The molecule has 0 saturated heterocycles. The number of aryl methyl sites for hydroxylation is 1. The fourth-order valence-corrected chi connectivity index (χ4v) is 3.82. The Hall–Kier alpha value is -1.95. The molecule has 43 heavy (non-hydrogen) atoms. The van der Waals surface area contributed by atoms with Gasteiger partial charge in [0.25, 0.3) is 0 Å². The summed E-state index contributed by atoms with van der Waals surface area (Å²) in [5.41, 5.74) is 0.870. The van der Waals surface area contributed by atoms with Crippen LogP contribution in [0.15, 0.2) is 24.3 Å². The summed E-state index contributed by atoms with van der Waals surface area (Å²) in [4.78, 5) is 11.5. The van der Waals surface area contributed by atoms with E-state index in [1.165, 1.54) is 44.1 Å². The van der Waals surface area contributed by atoms with E-state index in [1.807, 2.05) is 32.9 Å². The number of hydrogen-bond acceptors (Lipinski definition) is 9. The maximum Gasteiger partial charge on any atom is 0.407 e. The van der Waals surface area contributed by atoms with E-state index in [9.17, 15) is 4.79 Å². The van der Waals surface area contributed by atoms with Gasteiger partial charge < -0.3 is 43.2 Å². The third-order valence-corrected chi connectivity index (χ3v) is 6.01. The largest absolute Gasteiger partial charge is 0.491 e. The third-order valence-electron chi connectivity index (χ3n) is 6.01. The van der Waals surface area contributed by atoms with Crippen molar-refractivity contribution in [1.82, 2.24) is 5.32 Å². The summed E-state index contributed by atoms with van der Waals surface area (Å²) in [6.45, 7) is 14.5. The topological polar surface area (TPSA) is 103 Å². The third kappa shape index (κ3) is 27.3. The van der Waals surface area contributed by atoms with Crippen LogP contribution in [0.4, 0.5) is 4.79 Å². The highest BCUT2D eigenvalue weighted by atomic mass is 16.6. The van der Waals surface area contributed by atoms with Gasteiger partial charge in [0.2, 0.25) is 0 Å². The number of carbonyl (C=O) groups excluding carboxylic acids is 1. The molecule has 1 N–H and O–H groups in total. The molecule has 0 unspecified atom stereocenters. The molecule has 0 aliphatic rings. The number of alkyl carbamates (subject to hydrolysis) is 1. The van der Waals surface area contributed by atoms with Crippen LogP contribution in [0.3, 0.4) is 0 Å². The van der Waals surface area contributed by atoms with Crippen LogP contribution in [0.2, 0.25) is 0 Å². The van der Waals surface area contributed by atoms with E-state index in [2.05, 4.69) is 24.4 Å². The molecule has 0 aliphatic heterocycles. The highest BCUT2D eigenvalue weighted by Gasteiger charge is 2.15. The van der Waals surface area contributed by atoms with E-state index in [-0.39, 0.29) is 0 Å². The van der Waals surface area contributed by atoms with Crippen LogP contribution in [0, 0.1) is 0 Å². The number of carbonyl (C=O) groups is 1. The Bertz CT molecular complexity index is 756. The fourth-order valence-electron chi connectivity index (χ4n) is 3.82. The molecule has 0 heterocycles. The van der Waals surface area contributed by atoms with Gasteiger partial charge in [-0.3, -0.25) is 0 Å². The summed E-state index contributed by atoms with van der Waals surface area (Å²) in [5, 5.41) is 2.64. The van der Waals surface area contributed by atoms with Crippen molar-refractivity contribution >= 4 is 6.09 Å². The Morgan fingerprint density at radius 2 is 1.05 bits per heavy atom. The Labute approximate surface area is 260 Å². The van der Waals surface area contributed by atoms with Gasteiger partial charge in [-0.05, 0) is 51.3 Å². The lowest BCUT2D eigenvalue weighted by molar-refractivity contribution is -0.0177. The SMILES string of the molecule is CCCCCCCCc1ccc(OCCOCCOCCOCCOCCOCCOCCNC(=O)OC(C)(C)C)cc1. The van der Waals surface area contributed by atoms with E-state index in [0.717, 1.165) is 12.2 Å². The minimum Gasteiger partial charge on any atom is -0.491 e. The fraction of sp³-hybridized carbons (Fsp3) is 0.788. The minimum atomic E-state index is -0.505. The first kappa shape index (κ1) is 39.1. The lowest BCUT2D eigenvalue weighted by Gasteiger charge is -2.19. The highest BCUT2D eigenvalue weighted by molar-refractivity contribution is 5.67. The lowest BCUT2D eigenvalue weighted by Crippen LogP contribution is -2.34. The first-order valence-corrected chi connectivity index (χ1v) is 16.1. The van der Waals surface area contributed by atoms with Crippen molar-refractivity contribution in [3.05, 3.63) is 29.8 Å². The molecule has 1 aromatic rings. The number of amides is 1. The quantitative estimate of drug-likeness (QED) is 0.116. The van der Waals surface area contributed by atoms with Crippen LogP contribution < -0.4 is 10.1 Å². The molecule has 10 heteroatoms. The van der Waals surface area contributed by atoms with Crippen molar-refractivity contribution in [1.29, 1.82) is 0 Å². The second-order valence-corrected chi connectivity index (χ2v) is 11.1. The molecule has 0 bridgehead atoms. The zero-order chi connectivity index (χ0) is 31.3. The Kier molecular flexibility index (Phi) is 25.1. The molecular formula is C33H59NO9. The number of rotatable bonds is 29. The highest BCUT2D eigenvalue weighted by Crippen LogP contribution is 2.15. The van der Waals surface area contributed by atoms with E-state index in [1.54, 1.807) is 0 Å². The van der Waals surface area contributed by atoms with Crippen molar-refractivity contribution in [2.24, 2.45) is 0 Å². The molecule has 0 spiro atoms. The monoisotopic (exact) mass is 613 g/mol. The van der Waals surface area contributed by atoms with Gasteiger partial charge >= 0.3 is 6.09 Å². The number of hydrogen-bond donors (Lipinski definition) is 1. The maximum atomic E-state index is 11.5. The number of unbranched alkanes of at least 4 members (excludes halogenated alkanes) is 5. The molecule has 0 aromatic heterocycles. The predicted molar refractivity (Wildman–Crippen MR) is 168 cm³/mol. The van der Waals surface area contributed by atoms with E-state index < -0.39 is 11.7 Å². The van der Waals surface area contributed by atoms with Gasteiger partial charge in [0.15, 0.2) is 0 Å². The Balaban J connectivity index is 1.76. The van der Waals surface area contributed by atoms with Crippen LogP contribution in [-0.4, -0.2) is 104 Å². The molecular weight excluding hydrogens is 554 g/mol. The van der Waals surface area contributed by atoms with Crippen molar-refractivity contribution < 1.29 is 42.7 Å². The van der Waals surface area contributed by atoms with Crippen LogP contribution in [0.5, 0.6) is 5.75 Å². The molecule has 1 amide bonds. The molecule has 1 rings (SSSR count). The van der Waals surface area contributed by atoms with Crippen molar-refractivity contribution in [2.75, 3.05) is 92.4 Å². The summed E-state index contributed by atoms with van der Waals surface area (Å²) in [6, 6.07) is 8.42. The van der Waals surface area contributed by atoms with Gasteiger partial charge in [-0.1, -0.05) is 51.2 Å². The first-order valence-electron chi connectivity index (χ1n) is 16.1. The summed E-state index contributed by atoms with van der Waals surface area (Å²) >= 11 is 0. The van der Waals surface area contributed by atoms with Crippen LogP contribution in [0.25, 0.3) is 0 Å². The first-order chi connectivity index (χ1) is 20.9. The predicted octanol–water partition coefficient (Wildman–Crippen LogP) is 5.59. The van der Waals surface area contributed by atoms with Gasteiger partial charge in [-0.15, -0.1) is 0 Å². The van der Waals surface area contributed by atoms with Crippen molar-refractivity contribution in [3.8, 4) is 5.75 Å². The number of benzene rings is 1. The number of ether oxygens (including phenoxy) is 8.